The fourth-order valence-electron chi connectivity index (χ4n) is 3.29. The number of aromatic nitrogens is 1. The van der Waals surface area contributed by atoms with Crippen LogP contribution in [-0.4, -0.2) is 59.5 Å². The van der Waals surface area contributed by atoms with Crippen LogP contribution >= 0.6 is 11.6 Å². The summed E-state index contributed by atoms with van der Waals surface area (Å²) in [5, 5.41) is 17.1. The van der Waals surface area contributed by atoms with Crippen LogP contribution in [0.2, 0.25) is 5.02 Å². The molecule has 2 aromatic carbocycles. The van der Waals surface area contributed by atoms with Crippen molar-refractivity contribution in [1.82, 2.24) is 15.4 Å². The van der Waals surface area contributed by atoms with Crippen molar-refractivity contribution in [1.29, 1.82) is 0 Å². The van der Waals surface area contributed by atoms with Crippen molar-refractivity contribution in [2.45, 2.75) is 24.9 Å². The second-order valence-electron chi connectivity index (χ2n) is 8.16. The highest BCUT2D eigenvalue weighted by molar-refractivity contribution is 6.31. The topological polar surface area (TPSA) is 117 Å². The first-order valence-electron chi connectivity index (χ1n) is 11.1. The van der Waals surface area contributed by atoms with Gasteiger partial charge >= 0.3 is 12.1 Å². The average Bonchev–Trinajstić information content (AvgIpc) is 3.35. The van der Waals surface area contributed by atoms with Gasteiger partial charge in [0.1, 0.15) is 30.5 Å². The molecule has 0 aliphatic rings. The summed E-state index contributed by atoms with van der Waals surface area (Å²) in [5.74, 6) is -4.95. The maximum Gasteiger partial charge on any atom is 0.414 e. The fourth-order valence-corrected chi connectivity index (χ4v) is 3.48. The zero-order valence-electron chi connectivity index (χ0n) is 19.9. The van der Waals surface area contributed by atoms with Crippen molar-refractivity contribution in [3.63, 3.8) is 0 Å². The molecule has 0 spiro atoms. The zero-order valence-corrected chi connectivity index (χ0v) is 20.6. The summed E-state index contributed by atoms with van der Waals surface area (Å²) in [4.78, 5) is 25.7. The lowest BCUT2D eigenvalue weighted by molar-refractivity contribution is -0.0738. The molecule has 1 aromatic heterocycles. The molecule has 0 unspecified atom stereocenters. The third-order valence-corrected chi connectivity index (χ3v) is 5.78. The van der Waals surface area contributed by atoms with E-state index in [1.807, 2.05) is 0 Å². The van der Waals surface area contributed by atoms with Gasteiger partial charge in [-0.15, -0.1) is 0 Å². The first-order chi connectivity index (χ1) is 18.0. The highest BCUT2D eigenvalue weighted by Crippen LogP contribution is 2.24. The van der Waals surface area contributed by atoms with Gasteiger partial charge in [-0.1, -0.05) is 41.0 Å². The van der Waals surface area contributed by atoms with Gasteiger partial charge in [-0.05, 0) is 23.8 Å². The maximum absolute atomic E-state index is 14.0. The van der Waals surface area contributed by atoms with Crippen LogP contribution in [0.25, 0.3) is 11.3 Å². The second kappa shape index (κ2) is 12.6. The Morgan fingerprint density at radius 3 is 2.66 bits per heavy atom. The molecule has 0 bridgehead atoms. The molecule has 1 heterocycles. The largest absolute Gasteiger partial charge is 0.447 e. The van der Waals surface area contributed by atoms with E-state index in [2.05, 4.69) is 15.8 Å². The predicted octanol–water partition coefficient (Wildman–Crippen LogP) is 5.05. The van der Waals surface area contributed by atoms with E-state index in [0.717, 1.165) is 11.0 Å². The van der Waals surface area contributed by atoms with E-state index in [1.54, 1.807) is 6.07 Å². The lowest BCUT2D eigenvalue weighted by Crippen LogP contribution is -2.48. The number of alkyl halides is 2. The lowest BCUT2D eigenvalue weighted by atomic mass is 10.1. The van der Waals surface area contributed by atoms with Crippen LogP contribution < -0.4 is 10.6 Å². The third kappa shape index (κ3) is 7.83. The van der Waals surface area contributed by atoms with Gasteiger partial charge in [0.15, 0.2) is 0 Å². The number of amides is 3. The molecule has 3 N–H and O–H groups in total. The molecule has 3 aromatic rings. The first-order valence-corrected chi connectivity index (χ1v) is 11.5. The number of carbonyl (C=O) groups is 2. The van der Waals surface area contributed by atoms with Gasteiger partial charge in [-0.25, -0.2) is 27.2 Å². The van der Waals surface area contributed by atoms with Gasteiger partial charge in [0, 0.05) is 31.6 Å². The van der Waals surface area contributed by atoms with Crippen molar-refractivity contribution in [2.75, 3.05) is 25.6 Å². The van der Waals surface area contributed by atoms with Gasteiger partial charge < -0.3 is 24.6 Å². The Kier molecular flexibility index (Phi) is 9.53. The minimum Gasteiger partial charge on any atom is -0.447 e. The molecule has 38 heavy (non-hydrogen) atoms. The first kappa shape index (κ1) is 28.7. The molecule has 0 radical (unpaired) electrons. The zero-order chi connectivity index (χ0) is 27.9. The Hall–Kier alpha value is -3.84. The van der Waals surface area contributed by atoms with Crippen molar-refractivity contribution in [3.8, 4) is 11.3 Å². The second-order valence-corrected chi connectivity index (χ2v) is 8.54. The summed E-state index contributed by atoms with van der Waals surface area (Å²) in [5.41, 5.74) is 0.856. The predicted molar refractivity (Wildman–Crippen MR) is 129 cm³/mol. The minimum atomic E-state index is -3.59. The Bertz CT molecular complexity index is 1280. The number of nitrogens with one attached hydrogen (secondary N) is 2. The molecule has 0 saturated heterocycles. The van der Waals surface area contributed by atoms with E-state index in [4.69, 9.17) is 26.0 Å². The Morgan fingerprint density at radius 2 is 1.95 bits per heavy atom. The minimum absolute atomic E-state index is 0.162. The SMILES string of the molecule is CN(C(=O)NCc1cccc(F)c1Cl)[C@H](COC(=O)Nc1cc(-c2cccc(F)c2)no1)CC(F)(F)CO. The third-order valence-electron chi connectivity index (χ3n) is 5.36. The van der Waals surface area contributed by atoms with Gasteiger partial charge in [0.25, 0.3) is 5.92 Å². The van der Waals surface area contributed by atoms with Crippen LogP contribution in [0.1, 0.15) is 12.0 Å². The highest BCUT2D eigenvalue weighted by atomic mass is 35.5. The van der Waals surface area contributed by atoms with E-state index in [-0.39, 0.29) is 28.7 Å². The van der Waals surface area contributed by atoms with Crippen LogP contribution in [0, 0.1) is 11.6 Å². The number of aliphatic hydroxyl groups excluding tert-OH is 1. The standard InChI is InChI=1S/C24H23ClF4N4O5/c1-33(22(35)30-11-15-5-3-7-18(27)21(15)25)17(10-24(28,29)13-34)12-37-23(36)31-20-9-19(32-38-20)14-4-2-6-16(26)8-14/h2-9,17,34H,10-13H2,1H3,(H,30,35)(H,31,36)/t17-/m0/s1. The number of nitrogens with zero attached hydrogens (tertiary/aromatic N) is 2. The number of aliphatic hydroxyl groups is 1. The van der Waals surface area contributed by atoms with Gasteiger partial charge in [-0.3, -0.25) is 5.32 Å². The smallest absolute Gasteiger partial charge is 0.414 e. The van der Waals surface area contributed by atoms with Crippen molar-refractivity contribution in [2.24, 2.45) is 0 Å². The molecule has 0 saturated carbocycles. The molecule has 14 heteroatoms. The number of benzene rings is 2. The summed E-state index contributed by atoms with van der Waals surface area (Å²) in [6, 6.07) is 8.55. The summed E-state index contributed by atoms with van der Waals surface area (Å²) in [7, 11) is 1.18. The number of hydrogen-bond acceptors (Lipinski definition) is 6. The Morgan fingerprint density at radius 1 is 1.21 bits per heavy atom. The number of hydrogen-bond donors (Lipinski definition) is 3. The summed E-state index contributed by atoms with van der Waals surface area (Å²) >= 11 is 5.86. The molecule has 0 fully saturated rings. The van der Waals surface area contributed by atoms with E-state index >= 15 is 0 Å². The van der Waals surface area contributed by atoms with Crippen LogP contribution in [0.5, 0.6) is 0 Å². The maximum atomic E-state index is 14.0. The molecule has 204 valence electrons. The van der Waals surface area contributed by atoms with Crippen molar-refractivity contribution in [3.05, 3.63) is 70.8 Å². The summed E-state index contributed by atoms with van der Waals surface area (Å²) in [6.07, 6.45) is -2.14. The number of anilines is 1. The van der Waals surface area contributed by atoms with Crippen LogP contribution in [-0.2, 0) is 11.3 Å². The molecule has 9 nitrogen and oxygen atoms in total. The molecule has 0 aliphatic carbocycles. The van der Waals surface area contributed by atoms with Gasteiger partial charge in [0.2, 0.25) is 5.88 Å². The molecule has 3 amide bonds. The Balaban J connectivity index is 1.61. The number of ether oxygens (including phenoxy) is 1. The molecule has 0 aliphatic heterocycles. The fraction of sp³-hybridized carbons (Fsp3) is 0.292. The number of likely N-dealkylation sites (N-methyl/N-ethyl adjacent to an activating group) is 1. The van der Waals surface area contributed by atoms with Gasteiger partial charge in [0.05, 0.1) is 11.1 Å². The number of halogens is 5. The average molecular weight is 559 g/mol. The number of rotatable bonds is 10. The highest BCUT2D eigenvalue weighted by Gasteiger charge is 2.36. The van der Waals surface area contributed by atoms with E-state index in [0.29, 0.717) is 5.56 Å². The van der Waals surface area contributed by atoms with E-state index < -0.39 is 55.4 Å². The normalized spacial score (nSPS) is 12.1. The van der Waals surface area contributed by atoms with Crippen LogP contribution in [0.15, 0.2) is 53.1 Å². The number of carbonyl (C=O) groups excluding carboxylic acids is 2. The van der Waals surface area contributed by atoms with Crippen LogP contribution in [0.4, 0.5) is 33.0 Å². The summed E-state index contributed by atoms with van der Waals surface area (Å²) < 4.78 is 64.9. The number of urea groups is 1. The van der Waals surface area contributed by atoms with Crippen molar-refractivity contribution < 1.29 is 41.5 Å². The van der Waals surface area contributed by atoms with Crippen molar-refractivity contribution >= 4 is 29.6 Å². The van der Waals surface area contributed by atoms with Gasteiger partial charge in [-0.2, -0.15) is 0 Å². The van der Waals surface area contributed by atoms with E-state index in [1.165, 1.54) is 43.4 Å². The van der Waals surface area contributed by atoms with Crippen LogP contribution in [0.3, 0.4) is 0 Å². The van der Waals surface area contributed by atoms with E-state index in [9.17, 15) is 27.2 Å². The molecule has 3 rings (SSSR count). The molecule has 1 atom stereocenters. The quantitative estimate of drug-likeness (QED) is 0.300. The monoisotopic (exact) mass is 558 g/mol. The molecular weight excluding hydrogens is 536 g/mol. The summed E-state index contributed by atoms with van der Waals surface area (Å²) in [6.45, 7) is -2.38. The lowest BCUT2D eigenvalue weighted by Gasteiger charge is -2.30. The molecular formula is C24H23ClF4N4O5. The Labute approximate surface area is 219 Å².